The quantitative estimate of drug-likeness (QED) is 0.592. The Morgan fingerprint density at radius 2 is 2.12 bits per heavy atom. The van der Waals surface area contributed by atoms with Gasteiger partial charge in [-0.3, -0.25) is 0 Å². The molecule has 0 amide bonds. The smallest absolute Gasteiger partial charge is 0.0836 e. The Balaban J connectivity index is 3.63. The molecule has 0 N–H and O–H groups in total. The fourth-order valence-corrected chi connectivity index (χ4v) is 0.744. The SMILES string of the molecule is ClC=C(Cl)C(Cl)CCl. The molecule has 0 nitrogen and oxygen atoms in total. The summed E-state index contributed by atoms with van der Waals surface area (Å²) in [6.07, 6.45) is 0. The molecule has 0 aliphatic rings. The van der Waals surface area contributed by atoms with Gasteiger partial charge in [-0.15, -0.1) is 23.2 Å². The largest absolute Gasteiger partial charge is 0.125 e. The summed E-state index contributed by atoms with van der Waals surface area (Å²) in [4.78, 5) is 0. The van der Waals surface area contributed by atoms with E-state index < -0.39 is 0 Å². The van der Waals surface area contributed by atoms with Crippen LogP contribution in [0.15, 0.2) is 10.6 Å². The van der Waals surface area contributed by atoms with Crippen molar-refractivity contribution < 1.29 is 0 Å². The molecule has 0 bridgehead atoms. The number of hydrogen-bond acceptors (Lipinski definition) is 0. The molecule has 0 heterocycles. The third kappa shape index (κ3) is 3.03. The van der Waals surface area contributed by atoms with Crippen LogP contribution in [-0.4, -0.2) is 11.3 Å². The maximum Gasteiger partial charge on any atom is 0.0836 e. The van der Waals surface area contributed by atoms with Crippen LogP contribution in [0.4, 0.5) is 0 Å². The monoisotopic (exact) mass is 192 g/mol. The van der Waals surface area contributed by atoms with Crippen LogP contribution in [0, 0.1) is 0 Å². The Labute approximate surface area is 68.4 Å². The van der Waals surface area contributed by atoms with E-state index in [0.717, 1.165) is 0 Å². The maximum atomic E-state index is 5.50. The number of alkyl halides is 2. The van der Waals surface area contributed by atoms with E-state index in [9.17, 15) is 0 Å². The van der Waals surface area contributed by atoms with Crippen LogP contribution in [0.2, 0.25) is 0 Å². The van der Waals surface area contributed by atoms with Gasteiger partial charge in [-0.25, -0.2) is 0 Å². The molecule has 1 atom stereocenters. The summed E-state index contributed by atoms with van der Waals surface area (Å²) < 4.78 is 0. The van der Waals surface area contributed by atoms with Crippen LogP contribution in [-0.2, 0) is 0 Å². The summed E-state index contributed by atoms with van der Waals surface area (Å²) in [5.41, 5.74) is 1.21. The van der Waals surface area contributed by atoms with E-state index in [1.165, 1.54) is 5.54 Å². The molecule has 8 heavy (non-hydrogen) atoms. The van der Waals surface area contributed by atoms with Crippen LogP contribution in [0.25, 0.3) is 0 Å². The highest BCUT2D eigenvalue weighted by Crippen LogP contribution is 2.16. The Hall–Kier alpha value is 0.900. The highest BCUT2D eigenvalue weighted by molar-refractivity contribution is 6.43. The molecule has 0 aliphatic heterocycles. The van der Waals surface area contributed by atoms with Crippen molar-refractivity contribution in [1.29, 1.82) is 0 Å². The molecular weight excluding hydrogens is 190 g/mol. The van der Waals surface area contributed by atoms with Crippen LogP contribution in [0.1, 0.15) is 0 Å². The van der Waals surface area contributed by atoms with Crippen molar-refractivity contribution in [2.75, 3.05) is 5.88 Å². The van der Waals surface area contributed by atoms with Gasteiger partial charge in [-0.05, 0) is 0 Å². The summed E-state index contributed by atoms with van der Waals surface area (Å²) in [7, 11) is 0. The van der Waals surface area contributed by atoms with Crippen molar-refractivity contribution >= 4 is 46.4 Å². The molecule has 0 saturated carbocycles. The predicted molar refractivity (Wildman–Crippen MR) is 40.2 cm³/mol. The Kier molecular flexibility index (Phi) is 5.28. The molecule has 48 valence electrons. The zero-order chi connectivity index (χ0) is 6.57. The Morgan fingerprint density at radius 1 is 1.62 bits per heavy atom. The molecule has 0 aromatic heterocycles. The minimum atomic E-state index is -0.351. The van der Waals surface area contributed by atoms with E-state index in [4.69, 9.17) is 46.4 Å². The lowest BCUT2D eigenvalue weighted by Gasteiger charge is -1.98. The zero-order valence-corrected chi connectivity index (χ0v) is 6.90. The molecule has 1 unspecified atom stereocenters. The maximum absolute atomic E-state index is 5.50. The third-order valence-electron chi connectivity index (χ3n) is 0.539. The van der Waals surface area contributed by atoms with E-state index in [-0.39, 0.29) is 11.3 Å². The molecule has 0 saturated heterocycles. The van der Waals surface area contributed by atoms with E-state index in [1.807, 2.05) is 0 Å². The van der Waals surface area contributed by atoms with Gasteiger partial charge in [0.05, 0.1) is 5.38 Å². The van der Waals surface area contributed by atoms with E-state index in [2.05, 4.69) is 0 Å². The average molecular weight is 194 g/mol. The second-order valence-electron chi connectivity index (χ2n) is 1.12. The lowest BCUT2D eigenvalue weighted by Crippen LogP contribution is -1.97. The third-order valence-corrected chi connectivity index (χ3v) is 2.23. The fourth-order valence-electron chi connectivity index (χ4n) is 0.142. The van der Waals surface area contributed by atoms with Crippen molar-refractivity contribution in [1.82, 2.24) is 0 Å². The van der Waals surface area contributed by atoms with Crippen LogP contribution < -0.4 is 0 Å². The van der Waals surface area contributed by atoms with Crippen molar-refractivity contribution in [3.63, 3.8) is 0 Å². The highest BCUT2D eigenvalue weighted by atomic mass is 35.5. The van der Waals surface area contributed by atoms with E-state index in [1.54, 1.807) is 0 Å². The second-order valence-corrected chi connectivity index (χ2v) is 2.61. The van der Waals surface area contributed by atoms with E-state index in [0.29, 0.717) is 5.03 Å². The zero-order valence-electron chi connectivity index (χ0n) is 3.87. The fraction of sp³-hybridized carbons (Fsp3) is 0.500. The molecule has 0 spiro atoms. The normalized spacial score (nSPS) is 16.2. The summed E-state index contributed by atoms with van der Waals surface area (Å²) in [6, 6.07) is 0. The molecule has 4 heteroatoms. The van der Waals surface area contributed by atoms with E-state index >= 15 is 0 Å². The summed E-state index contributed by atoms with van der Waals surface area (Å²) in [5, 5.41) is 0.0270. The lowest BCUT2D eigenvalue weighted by molar-refractivity contribution is 1.22. The highest BCUT2D eigenvalue weighted by Gasteiger charge is 2.04. The van der Waals surface area contributed by atoms with Gasteiger partial charge < -0.3 is 0 Å². The Bertz CT molecular complexity index is 88.0. The minimum absolute atomic E-state index is 0.281. The Morgan fingerprint density at radius 3 is 2.25 bits per heavy atom. The van der Waals surface area contributed by atoms with Gasteiger partial charge in [0, 0.05) is 16.4 Å². The molecule has 0 rings (SSSR count). The first-order valence-electron chi connectivity index (χ1n) is 1.88. The van der Waals surface area contributed by atoms with Crippen LogP contribution in [0.3, 0.4) is 0 Å². The minimum Gasteiger partial charge on any atom is -0.125 e. The predicted octanol–water partition coefficient (Wildman–Crippen LogP) is 3.15. The first-order chi connectivity index (χ1) is 3.72. The van der Waals surface area contributed by atoms with Crippen molar-refractivity contribution in [2.24, 2.45) is 0 Å². The topological polar surface area (TPSA) is 0 Å². The van der Waals surface area contributed by atoms with Crippen molar-refractivity contribution in [3.05, 3.63) is 10.6 Å². The molecule has 0 radical (unpaired) electrons. The molecular formula is C4H4Cl4. The van der Waals surface area contributed by atoms with Gasteiger partial charge in [-0.1, -0.05) is 23.2 Å². The lowest BCUT2D eigenvalue weighted by atomic mass is 10.5. The number of hydrogen-bond donors (Lipinski definition) is 0. The van der Waals surface area contributed by atoms with Gasteiger partial charge in [0.2, 0.25) is 0 Å². The first-order valence-corrected chi connectivity index (χ1v) is 3.66. The van der Waals surface area contributed by atoms with Gasteiger partial charge >= 0.3 is 0 Å². The number of allylic oxidation sites excluding steroid dienone is 1. The second kappa shape index (κ2) is 4.75. The van der Waals surface area contributed by atoms with Crippen LogP contribution >= 0.6 is 46.4 Å². The first kappa shape index (κ1) is 8.90. The van der Waals surface area contributed by atoms with Gasteiger partial charge in [-0.2, -0.15) is 0 Å². The van der Waals surface area contributed by atoms with Gasteiger partial charge in [0.15, 0.2) is 0 Å². The number of halogens is 4. The standard InChI is InChI=1S/C4H4Cl4/c5-1-3(7)4(8)2-6/h1,4H,2H2. The average Bonchev–Trinajstić information content (AvgIpc) is 1.84. The summed E-state index contributed by atoms with van der Waals surface area (Å²) >= 11 is 21.4. The molecule has 0 aromatic carbocycles. The van der Waals surface area contributed by atoms with Crippen molar-refractivity contribution in [3.8, 4) is 0 Å². The van der Waals surface area contributed by atoms with Gasteiger partial charge in [0.1, 0.15) is 0 Å². The molecule has 0 aromatic rings. The van der Waals surface area contributed by atoms with Crippen molar-refractivity contribution in [2.45, 2.75) is 5.38 Å². The molecule has 0 fully saturated rings. The summed E-state index contributed by atoms with van der Waals surface area (Å²) in [6.45, 7) is 0. The number of rotatable bonds is 2. The molecule has 0 aliphatic carbocycles. The summed E-state index contributed by atoms with van der Waals surface area (Å²) in [5.74, 6) is 0.281. The van der Waals surface area contributed by atoms with Gasteiger partial charge in [0.25, 0.3) is 0 Å². The van der Waals surface area contributed by atoms with Crippen LogP contribution in [0.5, 0.6) is 0 Å².